The van der Waals surface area contributed by atoms with Gasteiger partial charge in [-0.15, -0.1) is 0 Å². The van der Waals surface area contributed by atoms with Crippen molar-refractivity contribution in [2.45, 2.75) is 33.1 Å². The van der Waals surface area contributed by atoms with Crippen LogP contribution in [0.1, 0.15) is 32.3 Å². The van der Waals surface area contributed by atoms with E-state index in [-0.39, 0.29) is 0 Å². The van der Waals surface area contributed by atoms with E-state index in [1.165, 1.54) is 17.6 Å². The summed E-state index contributed by atoms with van der Waals surface area (Å²) in [6.45, 7) is 8.53. The molecule has 0 heterocycles. The Balaban J connectivity index is 2.41. The van der Waals surface area contributed by atoms with Crippen LogP contribution >= 0.6 is 0 Å². The molecular formula is C14H20. The minimum atomic E-state index is 0.713. The van der Waals surface area contributed by atoms with Crippen LogP contribution in [0.15, 0.2) is 42.5 Å². The van der Waals surface area contributed by atoms with Crippen molar-refractivity contribution < 1.29 is 0 Å². The molecule has 1 rings (SSSR count). The summed E-state index contributed by atoms with van der Waals surface area (Å²) < 4.78 is 0. The predicted octanol–water partition coefficient (Wildman–Crippen LogP) is 4.22. The van der Waals surface area contributed by atoms with Crippen LogP contribution in [0.2, 0.25) is 0 Å². The zero-order valence-corrected chi connectivity index (χ0v) is 9.29. The van der Waals surface area contributed by atoms with Crippen LogP contribution in [0, 0.1) is 5.92 Å². The maximum Gasteiger partial charge on any atom is -0.0250 e. The van der Waals surface area contributed by atoms with Crippen molar-refractivity contribution in [3.05, 3.63) is 48.0 Å². The highest BCUT2D eigenvalue weighted by molar-refractivity contribution is 5.15. The zero-order valence-electron chi connectivity index (χ0n) is 9.29. The van der Waals surface area contributed by atoms with E-state index in [4.69, 9.17) is 0 Å². The molecule has 0 fully saturated rings. The Morgan fingerprint density at radius 1 is 1.29 bits per heavy atom. The molecule has 1 aromatic carbocycles. The second kappa shape index (κ2) is 5.64. The van der Waals surface area contributed by atoms with E-state index in [0.29, 0.717) is 5.92 Å². The SMILES string of the molecule is C=C(CC)C[C@H](C)Cc1ccccc1. The summed E-state index contributed by atoms with van der Waals surface area (Å²) in [6, 6.07) is 10.7. The summed E-state index contributed by atoms with van der Waals surface area (Å²) in [5.41, 5.74) is 2.80. The topological polar surface area (TPSA) is 0 Å². The number of benzene rings is 1. The van der Waals surface area contributed by atoms with E-state index in [1.807, 2.05) is 0 Å². The van der Waals surface area contributed by atoms with Crippen LogP contribution in [0.25, 0.3) is 0 Å². The first-order valence-electron chi connectivity index (χ1n) is 5.43. The molecular weight excluding hydrogens is 168 g/mol. The van der Waals surface area contributed by atoms with E-state index in [1.54, 1.807) is 0 Å². The molecule has 0 spiro atoms. The monoisotopic (exact) mass is 188 g/mol. The molecule has 0 heteroatoms. The van der Waals surface area contributed by atoms with E-state index in [2.05, 4.69) is 50.8 Å². The lowest BCUT2D eigenvalue weighted by Crippen LogP contribution is -2.00. The fourth-order valence-corrected chi connectivity index (χ4v) is 1.73. The molecule has 0 aliphatic rings. The maximum absolute atomic E-state index is 4.05. The van der Waals surface area contributed by atoms with Gasteiger partial charge in [-0.2, -0.15) is 0 Å². The molecule has 1 aromatic rings. The van der Waals surface area contributed by atoms with Gasteiger partial charge < -0.3 is 0 Å². The third-order valence-electron chi connectivity index (χ3n) is 2.56. The fraction of sp³-hybridized carbons (Fsp3) is 0.429. The normalized spacial score (nSPS) is 12.4. The molecule has 0 radical (unpaired) electrons. The van der Waals surface area contributed by atoms with Gasteiger partial charge in [0.25, 0.3) is 0 Å². The molecule has 0 aliphatic carbocycles. The molecule has 76 valence electrons. The standard InChI is InChI=1S/C14H20/c1-4-12(2)10-13(3)11-14-8-6-5-7-9-14/h5-9,13H,2,4,10-11H2,1,3H3/t13-/m0/s1. The lowest BCUT2D eigenvalue weighted by atomic mass is 9.94. The Bertz CT molecular complexity index is 271. The van der Waals surface area contributed by atoms with E-state index >= 15 is 0 Å². The first kappa shape index (κ1) is 11.0. The molecule has 0 aliphatic heterocycles. The average Bonchev–Trinajstić information content (AvgIpc) is 2.19. The van der Waals surface area contributed by atoms with Crippen LogP contribution in [0.3, 0.4) is 0 Å². The number of rotatable bonds is 5. The van der Waals surface area contributed by atoms with Crippen molar-refractivity contribution in [1.29, 1.82) is 0 Å². The second-order valence-corrected chi connectivity index (χ2v) is 4.10. The Morgan fingerprint density at radius 3 is 2.50 bits per heavy atom. The van der Waals surface area contributed by atoms with Gasteiger partial charge in [0.05, 0.1) is 0 Å². The van der Waals surface area contributed by atoms with Crippen molar-refractivity contribution in [3.8, 4) is 0 Å². The minimum Gasteiger partial charge on any atom is -0.0999 e. The zero-order chi connectivity index (χ0) is 10.4. The fourth-order valence-electron chi connectivity index (χ4n) is 1.73. The Kier molecular flexibility index (Phi) is 4.45. The minimum absolute atomic E-state index is 0.713. The van der Waals surface area contributed by atoms with Crippen LogP contribution in [-0.2, 0) is 6.42 Å². The summed E-state index contributed by atoms with van der Waals surface area (Å²) in [5, 5.41) is 0. The van der Waals surface area contributed by atoms with Crippen molar-refractivity contribution in [3.63, 3.8) is 0 Å². The highest BCUT2D eigenvalue weighted by Crippen LogP contribution is 2.17. The van der Waals surface area contributed by atoms with Gasteiger partial charge in [0.15, 0.2) is 0 Å². The van der Waals surface area contributed by atoms with E-state index in [0.717, 1.165) is 12.8 Å². The van der Waals surface area contributed by atoms with Gasteiger partial charge in [0.1, 0.15) is 0 Å². The van der Waals surface area contributed by atoms with Gasteiger partial charge in [-0.25, -0.2) is 0 Å². The third-order valence-corrected chi connectivity index (χ3v) is 2.56. The predicted molar refractivity (Wildman–Crippen MR) is 63.4 cm³/mol. The van der Waals surface area contributed by atoms with Crippen molar-refractivity contribution in [1.82, 2.24) is 0 Å². The van der Waals surface area contributed by atoms with Crippen molar-refractivity contribution >= 4 is 0 Å². The van der Waals surface area contributed by atoms with E-state index < -0.39 is 0 Å². The lowest BCUT2D eigenvalue weighted by Gasteiger charge is -2.12. The van der Waals surface area contributed by atoms with Crippen LogP contribution in [0.5, 0.6) is 0 Å². The maximum atomic E-state index is 4.05. The molecule has 0 aromatic heterocycles. The van der Waals surface area contributed by atoms with Gasteiger partial charge in [-0.1, -0.05) is 56.3 Å². The highest BCUT2D eigenvalue weighted by Gasteiger charge is 2.04. The summed E-state index contributed by atoms with van der Waals surface area (Å²) in [5.74, 6) is 0.713. The molecule has 1 atom stereocenters. The summed E-state index contributed by atoms with van der Waals surface area (Å²) in [6.07, 6.45) is 3.43. The first-order valence-corrected chi connectivity index (χ1v) is 5.43. The second-order valence-electron chi connectivity index (χ2n) is 4.10. The number of allylic oxidation sites excluding steroid dienone is 1. The van der Waals surface area contributed by atoms with Gasteiger partial charge in [0, 0.05) is 0 Å². The molecule has 0 saturated heterocycles. The van der Waals surface area contributed by atoms with Crippen molar-refractivity contribution in [2.75, 3.05) is 0 Å². The smallest absolute Gasteiger partial charge is 0.0250 e. The Hall–Kier alpha value is -1.04. The van der Waals surface area contributed by atoms with Gasteiger partial charge in [-0.3, -0.25) is 0 Å². The summed E-state index contributed by atoms with van der Waals surface area (Å²) >= 11 is 0. The summed E-state index contributed by atoms with van der Waals surface area (Å²) in [7, 11) is 0. The number of hydrogen-bond donors (Lipinski definition) is 0. The van der Waals surface area contributed by atoms with Gasteiger partial charge >= 0.3 is 0 Å². The van der Waals surface area contributed by atoms with Crippen LogP contribution in [-0.4, -0.2) is 0 Å². The third kappa shape index (κ3) is 3.78. The Labute approximate surface area is 87.7 Å². The molecule has 14 heavy (non-hydrogen) atoms. The largest absolute Gasteiger partial charge is 0.0999 e. The van der Waals surface area contributed by atoms with Gasteiger partial charge in [0.2, 0.25) is 0 Å². The molecule has 0 bridgehead atoms. The van der Waals surface area contributed by atoms with Gasteiger partial charge in [-0.05, 0) is 30.7 Å². The molecule has 0 unspecified atom stereocenters. The quantitative estimate of drug-likeness (QED) is 0.607. The number of hydrogen-bond acceptors (Lipinski definition) is 0. The van der Waals surface area contributed by atoms with Crippen LogP contribution in [0.4, 0.5) is 0 Å². The average molecular weight is 188 g/mol. The summed E-state index contributed by atoms with van der Waals surface area (Å²) in [4.78, 5) is 0. The van der Waals surface area contributed by atoms with E-state index in [9.17, 15) is 0 Å². The first-order chi connectivity index (χ1) is 6.72. The van der Waals surface area contributed by atoms with Crippen molar-refractivity contribution in [2.24, 2.45) is 5.92 Å². The molecule has 0 amide bonds. The highest BCUT2D eigenvalue weighted by atomic mass is 14.1. The lowest BCUT2D eigenvalue weighted by molar-refractivity contribution is 0.567. The molecule has 0 saturated carbocycles. The molecule has 0 N–H and O–H groups in total. The van der Waals surface area contributed by atoms with Crippen LogP contribution < -0.4 is 0 Å². The molecule has 0 nitrogen and oxygen atoms in total. The Morgan fingerprint density at radius 2 is 1.93 bits per heavy atom.